The first-order chi connectivity index (χ1) is 8.18. The van der Waals surface area contributed by atoms with Crippen LogP contribution in [0.2, 0.25) is 5.02 Å². The molecule has 2 heteroatoms. The molecule has 0 spiro atoms. The molecule has 0 fully saturated rings. The Morgan fingerprint density at radius 2 is 1.59 bits per heavy atom. The molecule has 2 unspecified atom stereocenters. The lowest BCUT2D eigenvalue weighted by Gasteiger charge is -2.20. The van der Waals surface area contributed by atoms with Crippen LogP contribution in [0.15, 0.2) is 54.6 Å². The molecule has 0 aliphatic rings. The molecule has 2 N–H and O–H groups in total. The number of nitrogens with two attached hydrogens (primary N) is 1. The smallest absolute Gasteiger partial charge is 0.0409 e. The van der Waals surface area contributed by atoms with Gasteiger partial charge in [0.25, 0.3) is 0 Å². The fraction of sp³-hybridized carbons (Fsp3) is 0.200. The van der Waals surface area contributed by atoms with Gasteiger partial charge in [0.15, 0.2) is 0 Å². The molecule has 2 aromatic rings. The van der Waals surface area contributed by atoms with E-state index in [4.69, 9.17) is 17.3 Å². The Kier molecular flexibility index (Phi) is 3.82. The summed E-state index contributed by atoms with van der Waals surface area (Å²) in [5.41, 5.74) is 8.61. The number of hydrogen-bond donors (Lipinski definition) is 1. The second kappa shape index (κ2) is 5.35. The number of halogens is 1. The summed E-state index contributed by atoms with van der Waals surface area (Å²) in [5, 5.41) is 0.734. The van der Waals surface area contributed by atoms with Crippen molar-refractivity contribution in [1.82, 2.24) is 0 Å². The van der Waals surface area contributed by atoms with E-state index in [2.05, 4.69) is 19.1 Å². The van der Waals surface area contributed by atoms with Crippen LogP contribution in [0.4, 0.5) is 0 Å². The summed E-state index contributed by atoms with van der Waals surface area (Å²) in [6.45, 7) is 2.14. The van der Waals surface area contributed by atoms with Crippen LogP contribution in [0, 0.1) is 0 Å². The van der Waals surface area contributed by atoms with Crippen molar-refractivity contribution in [2.45, 2.75) is 18.9 Å². The average Bonchev–Trinajstić information content (AvgIpc) is 2.38. The molecule has 2 aromatic carbocycles. The number of rotatable bonds is 3. The number of benzene rings is 2. The van der Waals surface area contributed by atoms with Crippen LogP contribution in [-0.2, 0) is 0 Å². The van der Waals surface area contributed by atoms with Gasteiger partial charge in [-0.05, 0) is 23.3 Å². The van der Waals surface area contributed by atoms with E-state index < -0.39 is 0 Å². The van der Waals surface area contributed by atoms with Crippen LogP contribution in [0.25, 0.3) is 0 Å². The van der Waals surface area contributed by atoms with E-state index in [-0.39, 0.29) is 12.0 Å². The van der Waals surface area contributed by atoms with Crippen molar-refractivity contribution in [1.29, 1.82) is 0 Å². The summed E-state index contributed by atoms with van der Waals surface area (Å²) in [6, 6.07) is 18.0. The van der Waals surface area contributed by atoms with E-state index in [1.807, 2.05) is 42.5 Å². The summed E-state index contributed by atoms with van der Waals surface area (Å²) in [4.78, 5) is 0. The van der Waals surface area contributed by atoms with Gasteiger partial charge in [-0.25, -0.2) is 0 Å². The first-order valence-corrected chi connectivity index (χ1v) is 6.12. The topological polar surface area (TPSA) is 26.0 Å². The summed E-state index contributed by atoms with van der Waals surface area (Å²) in [6.07, 6.45) is 0. The predicted octanol–water partition coefficient (Wildman–Crippen LogP) is 4.14. The van der Waals surface area contributed by atoms with E-state index in [1.165, 1.54) is 5.56 Å². The van der Waals surface area contributed by atoms with Gasteiger partial charge in [-0.3, -0.25) is 0 Å². The molecule has 0 aromatic heterocycles. The van der Waals surface area contributed by atoms with Gasteiger partial charge in [-0.1, -0.05) is 61.0 Å². The van der Waals surface area contributed by atoms with E-state index in [9.17, 15) is 0 Å². The summed E-state index contributed by atoms with van der Waals surface area (Å²) < 4.78 is 0. The summed E-state index contributed by atoms with van der Waals surface area (Å²) >= 11 is 5.98. The molecule has 0 aliphatic carbocycles. The zero-order valence-corrected chi connectivity index (χ0v) is 10.6. The first kappa shape index (κ1) is 12.2. The maximum atomic E-state index is 6.28. The van der Waals surface area contributed by atoms with Crippen molar-refractivity contribution >= 4 is 11.6 Å². The van der Waals surface area contributed by atoms with Gasteiger partial charge in [0.05, 0.1) is 0 Å². The zero-order valence-electron chi connectivity index (χ0n) is 9.81. The maximum Gasteiger partial charge on any atom is 0.0409 e. The Hall–Kier alpha value is -1.31. The molecule has 2 atom stereocenters. The van der Waals surface area contributed by atoms with Gasteiger partial charge >= 0.3 is 0 Å². The molecule has 1 nitrogen and oxygen atoms in total. The standard InChI is InChI=1S/C15H16ClN/c1-11(12-6-3-2-4-7-12)15(17)13-8-5-9-14(16)10-13/h2-11,15H,17H2,1H3. The van der Waals surface area contributed by atoms with Crippen molar-refractivity contribution < 1.29 is 0 Å². The van der Waals surface area contributed by atoms with Crippen LogP contribution >= 0.6 is 11.6 Å². The Bertz CT molecular complexity index is 481. The summed E-state index contributed by atoms with van der Waals surface area (Å²) in [5.74, 6) is 0.273. The minimum absolute atomic E-state index is 0.0314. The Morgan fingerprint density at radius 3 is 2.24 bits per heavy atom. The van der Waals surface area contributed by atoms with Gasteiger partial charge in [0, 0.05) is 17.0 Å². The molecule has 0 amide bonds. The van der Waals surface area contributed by atoms with Crippen molar-refractivity contribution in [3.63, 3.8) is 0 Å². The van der Waals surface area contributed by atoms with Crippen molar-refractivity contribution in [2.75, 3.05) is 0 Å². The van der Waals surface area contributed by atoms with Gasteiger partial charge in [-0.15, -0.1) is 0 Å². The monoisotopic (exact) mass is 245 g/mol. The highest BCUT2D eigenvalue weighted by molar-refractivity contribution is 6.30. The molecule has 0 bridgehead atoms. The minimum atomic E-state index is -0.0314. The minimum Gasteiger partial charge on any atom is -0.323 e. The molecule has 0 saturated heterocycles. The third kappa shape index (κ3) is 2.87. The van der Waals surface area contributed by atoms with Crippen molar-refractivity contribution in [3.8, 4) is 0 Å². The normalized spacial score (nSPS) is 14.3. The van der Waals surface area contributed by atoms with Crippen LogP contribution in [0.1, 0.15) is 30.0 Å². The van der Waals surface area contributed by atoms with Crippen LogP contribution < -0.4 is 5.73 Å². The molecule has 88 valence electrons. The van der Waals surface area contributed by atoms with E-state index in [0.29, 0.717) is 0 Å². The molecule has 0 saturated carbocycles. The van der Waals surface area contributed by atoms with Crippen LogP contribution in [0.5, 0.6) is 0 Å². The van der Waals surface area contributed by atoms with E-state index in [1.54, 1.807) is 0 Å². The molecule has 2 rings (SSSR count). The zero-order chi connectivity index (χ0) is 12.3. The molecule has 0 radical (unpaired) electrons. The second-order valence-corrected chi connectivity index (χ2v) is 4.72. The van der Waals surface area contributed by atoms with Gasteiger partial charge in [-0.2, -0.15) is 0 Å². The third-order valence-electron chi connectivity index (χ3n) is 3.10. The average molecular weight is 246 g/mol. The Labute approximate surface area is 107 Å². The molecule has 17 heavy (non-hydrogen) atoms. The first-order valence-electron chi connectivity index (χ1n) is 5.74. The summed E-state index contributed by atoms with van der Waals surface area (Å²) in [7, 11) is 0. The Balaban J connectivity index is 2.23. The lowest BCUT2D eigenvalue weighted by atomic mass is 9.89. The lowest BCUT2D eigenvalue weighted by molar-refractivity contribution is 0.598. The van der Waals surface area contributed by atoms with Crippen LogP contribution in [0.3, 0.4) is 0 Å². The number of hydrogen-bond acceptors (Lipinski definition) is 1. The Morgan fingerprint density at radius 1 is 0.941 bits per heavy atom. The van der Waals surface area contributed by atoms with Crippen molar-refractivity contribution in [2.24, 2.45) is 5.73 Å². The fourth-order valence-electron chi connectivity index (χ4n) is 1.97. The highest BCUT2D eigenvalue weighted by atomic mass is 35.5. The second-order valence-electron chi connectivity index (χ2n) is 4.28. The highest BCUT2D eigenvalue weighted by Crippen LogP contribution is 2.29. The molecular formula is C15H16ClN. The van der Waals surface area contributed by atoms with Gasteiger partial charge in [0.1, 0.15) is 0 Å². The fourth-order valence-corrected chi connectivity index (χ4v) is 2.17. The third-order valence-corrected chi connectivity index (χ3v) is 3.33. The highest BCUT2D eigenvalue weighted by Gasteiger charge is 2.16. The lowest BCUT2D eigenvalue weighted by Crippen LogP contribution is -2.17. The predicted molar refractivity (Wildman–Crippen MR) is 73.2 cm³/mol. The van der Waals surface area contributed by atoms with E-state index >= 15 is 0 Å². The largest absolute Gasteiger partial charge is 0.323 e. The quantitative estimate of drug-likeness (QED) is 0.864. The van der Waals surface area contributed by atoms with Gasteiger partial charge in [0.2, 0.25) is 0 Å². The van der Waals surface area contributed by atoms with Gasteiger partial charge < -0.3 is 5.73 Å². The van der Waals surface area contributed by atoms with Crippen LogP contribution in [-0.4, -0.2) is 0 Å². The molecule has 0 heterocycles. The maximum absolute atomic E-state index is 6.28. The SMILES string of the molecule is CC(c1ccccc1)C(N)c1cccc(Cl)c1. The van der Waals surface area contributed by atoms with Crippen molar-refractivity contribution in [3.05, 3.63) is 70.7 Å². The molecular weight excluding hydrogens is 230 g/mol. The van der Waals surface area contributed by atoms with E-state index in [0.717, 1.165) is 10.6 Å². The molecule has 0 aliphatic heterocycles.